The molecule has 1 aliphatic rings. The highest BCUT2D eigenvalue weighted by molar-refractivity contribution is 7.48. The van der Waals surface area contributed by atoms with Crippen molar-refractivity contribution in [3.63, 3.8) is 0 Å². The van der Waals surface area contributed by atoms with Crippen LogP contribution in [0, 0.1) is 0 Å². The van der Waals surface area contributed by atoms with Crippen LogP contribution in [0.3, 0.4) is 0 Å². The Labute approximate surface area is 84.2 Å². The second kappa shape index (κ2) is 5.47. The van der Waals surface area contributed by atoms with Crippen molar-refractivity contribution in [2.24, 2.45) is 0 Å². The van der Waals surface area contributed by atoms with E-state index in [4.69, 9.17) is 13.6 Å². The minimum absolute atomic E-state index is 0.290. The lowest BCUT2D eigenvalue weighted by molar-refractivity contribution is 0.144. The minimum Gasteiger partial charge on any atom is -0.290 e. The van der Waals surface area contributed by atoms with Crippen molar-refractivity contribution in [3.8, 4) is 0 Å². The lowest BCUT2D eigenvalue weighted by Crippen LogP contribution is -2.00. The van der Waals surface area contributed by atoms with E-state index < -0.39 is 7.82 Å². The molecular weight excluding hydrogens is 203 g/mol. The van der Waals surface area contributed by atoms with Gasteiger partial charge in [0.25, 0.3) is 0 Å². The van der Waals surface area contributed by atoms with Gasteiger partial charge in [0.1, 0.15) is 0 Å². The Bertz CT molecular complexity index is 283. The molecule has 1 atom stereocenters. The number of hydrogen-bond acceptors (Lipinski definition) is 4. The Morgan fingerprint density at radius 2 is 2.29 bits per heavy atom. The van der Waals surface area contributed by atoms with E-state index in [1.54, 1.807) is 6.92 Å². The van der Waals surface area contributed by atoms with E-state index >= 15 is 0 Å². The van der Waals surface area contributed by atoms with Gasteiger partial charge in [0, 0.05) is 7.11 Å². The summed E-state index contributed by atoms with van der Waals surface area (Å²) < 4.78 is 26.3. The van der Waals surface area contributed by atoms with E-state index in [1.807, 2.05) is 18.2 Å². The highest BCUT2D eigenvalue weighted by atomic mass is 31.2. The fourth-order valence-electron chi connectivity index (χ4n) is 1.06. The van der Waals surface area contributed by atoms with Gasteiger partial charge in [-0.2, -0.15) is 0 Å². The Morgan fingerprint density at radius 1 is 1.50 bits per heavy atom. The predicted molar refractivity (Wildman–Crippen MR) is 54.0 cm³/mol. The van der Waals surface area contributed by atoms with Crippen LogP contribution in [0.15, 0.2) is 23.8 Å². The molecular formula is C9H15O4P. The van der Waals surface area contributed by atoms with Crippen LogP contribution in [0.4, 0.5) is 0 Å². The van der Waals surface area contributed by atoms with E-state index in [2.05, 4.69) is 0 Å². The van der Waals surface area contributed by atoms with Crippen molar-refractivity contribution in [1.29, 1.82) is 0 Å². The van der Waals surface area contributed by atoms with E-state index in [0.29, 0.717) is 6.61 Å². The van der Waals surface area contributed by atoms with E-state index in [0.717, 1.165) is 12.0 Å². The van der Waals surface area contributed by atoms with Crippen molar-refractivity contribution in [1.82, 2.24) is 0 Å². The fourth-order valence-corrected chi connectivity index (χ4v) is 1.99. The maximum Gasteiger partial charge on any atom is 0.474 e. The molecule has 4 nitrogen and oxygen atoms in total. The van der Waals surface area contributed by atoms with Crippen LogP contribution in [-0.2, 0) is 18.1 Å². The molecule has 1 rings (SSSR count). The summed E-state index contributed by atoms with van der Waals surface area (Å²) in [6.07, 6.45) is 6.73. The molecule has 0 bridgehead atoms. The number of phosphoric ester groups is 1. The van der Waals surface area contributed by atoms with Crippen LogP contribution in [0.25, 0.3) is 0 Å². The first-order chi connectivity index (χ1) is 6.70. The number of allylic oxidation sites excluding steroid dienone is 3. The molecule has 14 heavy (non-hydrogen) atoms. The topological polar surface area (TPSA) is 44.8 Å². The summed E-state index contributed by atoms with van der Waals surface area (Å²) >= 11 is 0. The minimum atomic E-state index is -3.32. The van der Waals surface area contributed by atoms with Crippen molar-refractivity contribution >= 4 is 7.82 Å². The Hall–Kier alpha value is -0.410. The van der Waals surface area contributed by atoms with Crippen molar-refractivity contribution in [2.75, 3.05) is 20.3 Å². The van der Waals surface area contributed by atoms with Crippen LogP contribution in [0.5, 0.6) is 0 Å². The Morgan fingerprint density at radius 3 is 2.79 bits per heavy atom. The molecule has 80 valence electrons. The fraction of sp³-hybridized carbons (Fsp3) is 0.556. The molecule has 1 aliphatic carbocycles. The van der Waals surface area contributed by atoms with Crippen molar-refractivity contribution < 1.29 is 18.1 Å². The van der Waals surface area contributed by atoms with Crippen LogP contribution in [0.1, 0.15) is 13.3 Å². The van der Waals surface area contributed by atoms with Gasteiger partial charge in [-0.15, -0.1) is 0 Å². The van der Waals surface area contributed by atoms with Gasteiger partial charge >= 0.3 is 7.82 Å². The summed E-state index contributed by atoms with van der Waals surface area (Å²) in [6, 6.07) is 0. The number of phosphoric acid groups is 1. The molecule has 0 saturated heterocycles. The first-order valence-electron chi connectivity index (χ1n) is 4.49. The standard InChI is InChI=1S/C9H15O4P/c1-3-12-14(10,11-2)13-8-9-6-4-5-7-9/h4-6H,3,7-8H2,1-2H3. The third kappa shape index (κ3) is 3.39. The first-order valence-corrected chi connectivity index (χ1v) is 5.95. The zero-order valence-electron chi connectivity index (χ0n) is 8.43. The van der Waals surface area contributed by atoms with Crippen LogP contribution in [-0.4, -0.2) is 20.3 Å². The van der Waals surface area contributed by atoms with Crippen LogP contribution >= 0.6 is 7.82 Å². The summed E-state index contributed by atoms with van der Waals surface area (Å²) in [7, 11) is -2.00. The third-order valence-electron chi connectivity index (χ3n) is 1.77. The lowest BCUT2D eigenvalue weighted by Gasteiger charge is -2.14. The highest BCUT2D eigenvalue weighted by Gasteiger charge is 2.24. The van der Waals surface area contributed by atoms with Crippen LogP contribution in [0.2, 0.25) is 0 Å². The smallest absolute Gasteiger partial charge is 0.290 e. The average molecular weight is 218 g/mol. The monoisotopic (exact) mass is 218 g/mol. The maximum absolute atomic E-state index is 11.6. The number of rotatable bonds is 6. The largest absolute Gasteiger partial charge is 0.474 e. The van der Waals surface area contributed by atoms with Gasteiger partial charge in [0.15, 0.2) is 0 Å². The van der Waals surface area contributed by atoms with Gasteiger partial charge in [0.05, 0.1) is 13.2 Å². The van der Waals surface area contributed by atoms with Gasteiger partial charge < -0.3 is 0 Å². The SMILES string of the molecule is CCOP(=O)(OC)OCC1=CC=CC1. The van der Waals surface area contributed by atoms with Gasteiger partial charge in [-0.3, -0.25) is 13.6 Å². The molecule has 0 heterocycles. The molecule has 0 amide bonds. The van der Waals surface area contributed by atoms with Gasteiger partial charge in [-0.05, 0) is 18.9 Å². The third-order valence-corrected chi connectivity index (χ3v) is 3.23. The molecule has 0 aliphatic heterocycles. The van der Waals surface area contributed by atoms with Crippen molar-refractivity contribution in [2.45, 2.75) is 13.3 Å². The molecule has 0 radical (unpaired) electrons. The second-order valence-electron chi connectivity index (χ2n) is 2.78. The van der Waals surface area contributed by atoms with Crippen molar-refractivity contribution in [3.05, 3.63) is 23.8 Å². The predicted octanol–water partition coefficient (Wildman–Crippen LogP) is 2.68. The molecule has 0 saturated carbocycles. The molecule has 0 aromatic carbocycles. The molecule has 0 aromatic rings. The molecule has 0 aromatic heterocycles. The molecule has 0 N–H and O–H groups in total. The zero-order chi connectivity index (χ0) is 10.4. The molecule has 0 spiro atoms. The Kier molecular flexibility index (Phi) is 4.55. The van der Waals surface area contributed by atoms with E-state index in [1.165, 1.54) is 7.11 Å². The van der Waals surface area contributed by atoms with Gasteiger partial charge in [-0.25, -0.2) is 4.57 Å². The van der Waals surface area contributed by atoms with Gasteiger partial charge in [0.2, 0.25) is 0 Å². The second-order valence-corrected chi connectivity index (χ2v) is 4.55. The zero-order valence-corrected chi connectivity index (χ0v) is 9.33. The molecule has 0 fully saturated rings. The number of hydrogen-bond donors (Lipinski definition) is 0. The first kappa shape index (κ1) is 11.7. The average Bonchev–Trinajstić information content (AvgIpc) is 2.68. The van der Waals surface area contributed by atoms with E-state index in [-0.39, 0.29) is 6.61 Å². The van der Waals surface area contributed by atoms with E-state index in [9.17, 15) is 4.57 Å². The quantitative estimate of drug-likeness (QED) is 0.643. The summed E-state index contributed by atoms with van der Waals surface area (Å²) in [5, 5.41) is 0. The summed E-state index contributed by atoms with van der Waals surface area (Å²) in [5.41, 5.74) is 1.07. The summed E-state index contributed by atoms with van der Waals surface area (Å²) in [6.45, 7) is 2.34. The summed E-state index contributed by atoms with van der Waals surface area (Å²) in [5.74, 6) is 0. The van der Waals surface area contributed by atoms with Gasteiger partial charge in [-0.1, -0.05) is 18.2 Å². The Balaban J connectivity index is 2.37. The normalized spacial score (nSPS) is 19.4. The lowest BCUT2D eigenvalue weighted by atomic mass is 10.3. The summed E-state index contributed by atoms with van der Waals surface area (Å²) in [4.78, 5) is 0. The highest BCUT2D eigenvalue weighted by Crippen LogP contribution is 2.48. The maximum atomic E-state index is 11.6. The molecule has 1 unspecified atom stereocenters. The molecule has 5 heteroatoms. The van der Waals surface area contributed by atoms with Crippen LogP contribution < -0.4 is 0 Å².